The zero-order chi connectivity index (χ0) is 28.8. The maximum absolute atomic E-state index is 13.4. The number of aromatic nitrogens is 2. The van der Waals surface area contributed by atoms with E-state index >= 15 is 0 Å². The molecule has 41 heavy (non-hydrogen) atoms. The quantitative estimate of drug-likeness (QED) is 0.172. The predicted octanol–water partition coefficient (Wildman–Crippen LogP) is 6.74. The molecule has 0 aliphatic heterocycles. The third-order valence-electron chi connectivity index (χ3n) is 7.77. The third kappa shape index (κ3) is 7.97. The lowest BCUT2D eigenvalue weighted by atomic mass is 9.91. The number of aliphatic hydroxyl groups is 1. The second-order valence-corrected chi connectivity index (χ2v) is 12.6. The number of rotatable bonds is 11. The molecule has 0 saturated heterocycles. The minimum atomic E-state index is -0.644. The van der Waals surface area contributed by atoms with Gasteiger partial charge in [0.25, 0.3) is 0 Å². The van der Waals surface area contributed by atoms with Gasteiger partial charge >= 0.3 is 0 Å². The molecule has 3 aromatic carbocycles. The molecule has 0 amide bonds. The molecular weight excluding hydrogens is 533 g/mol. The second-order valence-electron chi connectivity index (χ2n) is 11.2. The Morgan fingerprint density at radius 1 is 0.927 bits per heavy atom. The molecule has 2 unspecified atom stereocenters. The van der Waals surface area contributed by atoms with Crippen LogP contribution >= 0.6 is 11.8 Å². The predicted molar refractivity (Wildman–Crippen MR) is 168 cm³/mol. The number of nitrogens with zero attached hydrogens (tertiary/aromatic N) is 3. The number of thioether (sulfide) groups is 1. The van der Waals surface area contributed by atoms with E-state index in [0.717, 1.165) is 54.5 Å². The van der Waals surface area contributed by atoms with Gasteiger partial charge in [0, 0.05) is 48.3 Å². The Kier molecular flexibility index (Phi) is 9.75. The Hall–Kier alpha value is -3.20. The van der Waals surface area contributed by atoms with Crippen molar-refractivity contribution in [1.82, 2.24) is 15.3 Å². The summed E-state index contributed by atoms with van der Waals surface area (Å²) >= 11 is 1.79. The minimum absolute atomic E-state index is 0.170. The van der Waals surface area contributed by atoms with Gasteiger partial charge in [-0.3, -0.25) is 0 Å². The van der Waals surface area contributed by atoms with Crippen molar-refractivity contribution in [3.05, 3.63) is 89.7 Å². The van der Waals surface area contributed by atoms with Crippen LogP contribution in [0.1, 0.15) is 49.3 Å². The lowest BCUT2D eigenvalue weighted by Crippen LogP contribution is -2.40. The Bertz CT molecular complexity index is 1410. The number of nitrogens with one attached hydrogen (secondary N) is 2. The van der Waals surface area contributed by atoms with Gasteiger partial charge in [0.1, 0.15) is 11.6 Å². The van der Waals surface area contributed by atoms with Gasteiger partial charge in [0.2, 0.25) is 5.95 Å². The first kappa shape index (κ1) is 29.3. The number of para-hydroxylation sites is 1. The van der Waals surface area contributed by atoms with Crippen LogP contribution in [0.15, 0.2) is 77.7 Å². The van der Waals surface area contributed by atoms with Crippen molar-refractivity contribution in [2.45, 2.75) is 67.4 Å². The van der Waals surface area contributed by atoms with Crippen LogP contribution in [0.4, 0.5) is 16.2 Å². The summed E-state index contributed by atoms with van der Waals surface area (Å²) in [4.78, 5) is 12.8. The molecule has 1 saturated carbocycles. The van der Waals surface area contributed by atoms with Crippen LogP contribution < -0.4 is 15.5 Å². The van der Waals surface area contributed by atoms with E-state index in [1.54, 1.807) is 23.9 Å². The smallest absolute Gasteiger partial charge is 0.225 e. The lowest BCUT2D eigenvalue weighted by molar-refractivity contribution is 0.165. The van der Waals surface area contributed by atoms with Crippen LogP contribution in [0.3, 0.4) is 0 Å². The van der Waals surface area contributed by atoms with Crippen molar-refractivity contribution in [2.24, 2.45) is 0 Å². The molecule has 0 radical (unpaired) electrons. The van der Waals surface area contributed by atoms with Gasteiger partial charge < -0.3 is 20.6 Å². The van der Waals surface area contributed by atoms with Gasteiger partial charge in [-0.05, 0) is 81.0 Å². The van der Waals surface area contributed by atoms with Crippen molar-refractivity contribution in [2.75, 3.05) is 30.9 Å². The molecule has 2 atom stereocenters. The fraction of sp³-hybridized carbons (Fsp3) is 0.394. The molecule has 4 aromatic rings. The fourth-order valence-electron chi connectivity index (χ4n) is 5.44. The van der Waals surface area contributed by atoms with Gasteiger partial charge in [-0.1, -0.05) is 42.0 Å². The zero-order valence-electron chi connectivity index (χ0n) is 24.1. The molecule has 1 heterocycles. The summed E-state index contributed by atoms with van der Waals surface area (Å²) in [5.41, 5.74) is 2.93. The highest BCUT2D eigenvalue weighted by molar-refractivity contribution is 8.00. The topological polar surface area (TPSA) is 73.3 Å². The average molecular weight is 574 g/mol. The molecule has 3 N–H and O–H groups in total. The monoisotopic (exact) mass is 573 g/mol. The number of benzene rings is 3. The number of hydrogen-bond acceptors (Lipinski definition) is 7. The molecular formula is C33H40FN5OS. The van der Waals surface area contributed by atoms with E-state index in [9.17, 15) is 9.50 Å². The maximum Gasteiger partial charge on any atom is 0.225 e. The van der Waals surface area contributed by atoms with Gasteiger partial charge in [-0.25, -0.2) is 9.37 Å². The summed E-state index contributed by atoms with van der Waals surface area (Å²) in [5.74, 6) is 1.32. The fourth-order valence-corrected chi connectivity index (χ4v) is 6.58. The highest BCUT2D eigenvalue weighted by atomic mass is 32.2. The van der Waals surface area contributed by atoms with Crippen LogP contribution in [-0.2, 0) is 0 Å². The van der Waals surface area contributed by atoms with Crippen LogP contribution in [0, 0.1) is 12.7 Å². The van der Waals surface area contributed by atoms with Gasteiger partial charge in [0.05, 0.1) is 11.6 Å². The van der Waals surface area contributed by atoms with Crippen molar-refractivity contribution in [3.63, 3.8) is 0 Å². The van der Waals surface area contributed by atoms with Crippen LogP contribution in [0.5, 0.6) is 0 Å². The van der Waals surface area contributed by atoms with E-state index in [1.165, 1.54) is 22.6 Å². The highest BCUT2D eigenvalue weighted by Crippen LogP contribution is 2.31. The number of fused-ring (bicyclic) bond motifs is 1. The molecule has 8 heteroatoms. The van der Waals surface area contributed by atoms with E-state index in [1.807, 2.05) is 37.2 Å². The van der Waals surface area contributed by atoms with Crippen molar-refractivity contribution in [3.8, 4) is 0 Å². The van der Waals surface area contributed by atoms with E-state index < -0.39 is 6.10 Å². The maximum atomic E-state index is 13.4. The first-order valence-corrected chi connectivity index (χ1v) is 15.3. The summed E-state index contributed by atoms with van der Waals surface area (Å²) in [6, 6.07) is 23.6. The first-order chi connectivity index (χ1) is 19.8. The number of aryl methyl sites for hydroxylation is 1. The number of hydrogen-bond donors (Lipinski definition) is 3. The van der Waals surface area contributed by atoms with E-state index in [2.05, 4.69) is 47.9 Å². The number of anilines is 2. The summed E-state index contributed by atoms with van der Waals surface area (Å²) in [5, 5.41) is 19.6. The lowest BCUT2D eigenvalue weighted by Gasteiger charge is -2.31. The zero-order valence-corrected chi connectivity index (χ0v) is 24.9. The van der Waals surface area contributed by atoms with Crippen LogP contribution in [0.25, 0.3) is 10.9 Å². The third-order valence-corrected chi connectivity index (χ3v) is 9.00. The van der Waals surface area contributed by atoms with Gasteiger partial charge in [0.15, 0.2) is 0 Å². The second kappa shape index (κ2) is 13.6. The molecule has 1 aliphatic rings. The molecule has 1 aromatic heterocycles. The summed E-state index contributed by atoms with van der Waals surface area (Å²) < 4.78 is 13.4. The largest absolute Gasteiger partial charge is 0.388 e. The Morgan fingerprint density at radius 2 is 1.61 bits per heavy atom. The summed E-state index contributed by atoms with van der Waals surface area (Å²) in [6.07, 6.45) is 4.15. The number of aliphatic hydroxyl groups excluding tert-OH is 1. The SMILES string of the molecule is Cc1ccc(SC(CNC2CCC(Nc3nc(N(C)C)c4ccccc4n3)CC2)CC(O)c2ccc(F)cc2)cc1. The Labute approximate surface area is 246 Å². The summed E-state index contributed by atoms with van der Waals surface area (Å²) in [6.45, 7) is 2.88. The standard InChI is InChI=1S/C33H40FN5OS/c1-22-8-18-27(19-9-22)41-28(20-31(40)23-10-12-24(34)13-11-23)21-35-25-14-16-26(17-15-25)36-33-37-30-7-5-4-6-29(30)32(38-33)39(2)3/h4-13,18-19,25-26,28,31,35,40H,14-17,20-21H2,1-3H3,(H,36,37,38). The van der Waals surface area contributed by atoms with E-state index in [-0.39, 0.29) is 11.1 Å². The van der Waals surface area contributed by atoms with Crippen LogP contribution in [0.2, 0.25) is 0 Å². The molecule has 5 rings (SSSR count). The molecule has 6 nitrogen and oxygen atoms in total. The van der Waals surface area contributed by atoms with E-state index in [0.29, 0.717) is 24.5 Å². The summed E-state index contributed by atoms with van der Waals surface area (Å²) in [7, 11) is 4.02. The molecule has 0 spiro atoms. The van der Waals surface area contributed by atoms with E-state index in [4.69, 9.17) is 9.97 Å². The highest BCUT2D eigenvalue weighted by Gasteiger charge is 2.24. The van der Waals surface area contributed by atoms with Crippen molar-refractivity contribution < 1.29 is 9.50 Å². The molecule has 216 valence electrons. The number of halogens is 1. The van der Waals surface area contributed by atoms with Crippen molar-refractivity contribution >= 4 is 34.4 Å². The first-order valence-electron chi connectivity index (χ1n) is 14.4. The van der Waals surface area contributed by atoms with Gasteiger partial charge in [-0.15, -0.1) is 11.8 Å². The Morgan fingerprint density at radius 3 is 2.32 bits per heavy atom. The minimum Gasteiger partial charge on any atom is -0.388 e. The molecule has 1 aliphatic carbocycles. The van der Waals surface area contributed by atoms with Crippen molar-refractivity contribution in [1.29, 1.82) is 0 Å². The van der Waals surface area contributed by atoms with Crippen LogP contribution in [-0.4, -0.2) is 53.0 Å². The Balaban J connectivity index is 1.17. The molecule has 0 bridgehead atoms. The van der Waals surface area contributed by atoms with Gasteiger partial charge in [-0.2, -0.15) is 4.98 Å². The average Bonchev–Trinajstić information content (AvgIpc) is 2.97. The molecule has 1 fully saturated rings. The normalized spacial score (nSPS) is 18.7.